The van der Waals surface area contributed by atoms with E-state index in [-0.39, 0.29) is 16.9 Å². The van der Waals surface area contributed by atoms with E-state index in [2.05, 4.69) is 46.5 Å². The maximum atomic E-state index is 11.2. The quantitative estimate of drug-likeness (QED) is 0.675. The van der Waals surface area contributed by atoms with Gasteiger partial charge in [0, 0.05) is 5.54 Å². The van der Waals surface area contributed by atoms with E-state index in [1.807, 2.05) is 0 Å². The van der Waals surface area contributed by atoms with Crippen LogP contribution in [0.3, 0.4) is 0 Å². The van der Waals surface area contributed by atoms with Crippen molar-refractivity contribution >= 4 is 5.91 Å². The van der Waals surface area contributed by atoms with Crippen molar-refractivity contribution in [3.8, 4) is 0 Å². The van der Waals surface area contributed by atoms with Crippen LogP contribution in [0, 0.1) is 5.41 Å². The van der Waals surface area contributed by atoms with Crippen LogP contribution in [0.25, 0.3) is 0 Å². The van der Waals surface area contributed by atoms with Crippen LogP contribution < -0.4 is 5.32 Å². The first kappa shape index (κ1) is 13.2. The van der Waals surface area contributed by atoms with Crippen molar-refractivity contribution in [2.24, 2.45) is 5.41 Å². The summed E-state index contributed by atoms with van der Waals surface area (Å²) in [5.41, 5.74) is -0.102. The zero-order valence-corrected chi connectivity index (χ0v) is 10.1. The summed E-state index contributed by atoms with van der Waals surface area (Å²) in [6, 6.07) is 0. The van der Waals surface area contributed by atoms with Crippen molar-refractivity contribution in [3.05, 3.63) is 12.7 Å². The van der Waals surface area contributed by atoms with Gasteiger partial charge in [-0.15, -0.1) is 0 Å². The highest BCUT2D eigenvalue weighted by molar-refractivity contribution is 5.87. The van der Waals surface area contributed by atoms with Crippen LogP contribution in [-0.4, -0.2) is 11.4 Å². The van der Waals surface area contributed by atoms with Gasteiger partial charge in [0.25, 0.3) is 0 Å². The average Bonchev–Trinajstić information content (AvgIpc) is 2.03. The molecule has 2 heteroatoms. The standard InChI is InChI=1S/C12H23NO/c1-7-9-11(3,4)12(5,6)13-10(14)8-2/h8H,2,7,9H2,1,3-6H3,(H,13,14). The fourth-order valence-corrected chi connectivity index (χ4v) is 1.47. The predicted molar refractivity (Wildman–Crippen MR) is 61.1 cm³/mol. The van der Waals surface area contributed by atoms with Crippen molar-refractivity contribution in [1.29, 1.82) is 0 Å². The van der Waals surface area contributed by atoms with Crippen molar-refractivity contribution in [1.82, 2.24) is 5.32 Å². The molecule has 0 spiro atoms. The maximum absolute atomic E-state index is 11.2. The Labute approximate surface area is 87.8 Å². The van der Waals surface area contributed by atoms with Gasteiger partial charge in [-0.05, 0) is 31.8 Å². The fourth-order valence-electron chi connectivity index (χ4n) is 1.47. The summed E-state index contributed by atoms with van der Waals surface area (Å²) in [6.45, 7) is 14.1. The molecule has 0 atom stereocenters. The Morgan fingerprint density at radius 3 is 2.21 bits per heavy atom. The Balaban J connectivity index is 4.57. The molecule has 0 rings (SSSR count). The number of nitrogens with one attached hydrogen (secondary N) is 1. The third-order valence-corrected chi connectivity index (χ3v) is 3.19. The minimum absolute atomic E-state index is 0.0976. The molecule has 14 heavy (non-hydrogen) atoms. The van der Waals surface area contributed by atoms with Crippen LogP contribution in [0.2, 0.25) is 0 Å². The smallest absolute Gasteiger partial charge is 0.243 e. The van der Waals surface area contributed by atoms with E-state index in [1.54, 1.807) is 0 Å². The highest BCUT2D eigenvalue weighted by atomic mass is 16.1. The van der Waals surface area contributed by atoms with E-state index in [1.165, 1.54) is 6.08 Å². The van der Waals surface area contributed by atoms with Crippen molar-refractivity contribution in [2.45, 2.75) is 53.0 Å². The molecule has 0 radical (unpaired) electrons. The molecule has 0 heterocycles. The molecule has 0 unspecified atom stereocenters. The SMILES string of the molecule is C=CC(=O)NC(C)(C)C(C)(C)CCC. The lowest BCUT2D eigenvalue weighted by molar-refractivity contribution is -0.119. The van der Waals surface area contributed by atoms with Gasteiger partial charge < -0.3 is 5.32 Å². The van der Waals surface area contributed by atoms with Crippen LogP contribution in [0.15, 0.2) is 12.7 Å². The minimum Gasteiger partial charge on any atom is -0.347 e. The first-order valence-corrected chi connectivity index (χ1v) is 5.21. The second kappa shape index (κ2) is 4.63. The van der Waals surface area contributed by atoms with Gasteiger partial charge in [-0.25, -0.2) is 0 Å². The zero-order chi connectivity index (χ0) is 11.4. The van der Waals surface area contributed by atoms with E-state index in [4.69, 9.17) is 0 Å². The van der Waals surface area contributed by atoms with Gasteiger partial charge in [-0.3, -0.25) is 4.79 Å². The van der Waals surface area contributed by atoms with Crippen LogP contribution in [0.4, 0.5) is 0 Å². The molecule has 0 fully saturated rings. The summed E-state index contributed by atoms with van der Waals surface area (Å²) >= 11 is 0. The van der Waals surface area contributed by atoms with Gasteiger partial charge in [0.1, 0.15) is 0 Å². The molecular formula is C12H23NO. The summed E-state index contributed by atoms with van der Waals surface area (Å²) < 4.78 is 0. The molecule has 2 nitrogen and oxygen atoms in total. The second-order valence-corrected chi connectivity index (χ2v) is 4.95. The molecule has 0 aromatic carbocycles. The van der Waals surface area contributed by atoms with E-state index >= 15 is 0 Å². The zero-order valence-electron chi connectivity index (χ0n) is 10.1. The molecule has 0 aliphatic carbocycles. The van der Waals surface area contributed by atoms with E-state index in [9.17, 15) is 4.79 Å². The third kappa shape index (κ3) is 3.17. The fraction of sp³-hybridized carbons (Fsp3) is 0.750. The monoisotopic (exact) mass is 197 g/mol. The molecule has 0 saturated heterocycles. The lowest BCUT2D eigenvalue weighted by Gasteiger charge is -2.42. The van der Waals surface area contributed by atoms with Gasteiger partial charge in [0.15, 0.2) is 0 Å². The van der Waals surface area contributed by atoms with E-state index in [0.29, 0.717) is 0 Å². The van der Waals surface area contributed by atoms with Gasteiger partial charge in [0.2, 0.25) is 5.91 Å². The molecule has 0 aromatic rings. The second-order valence-electron chi connectivity index (χ2n) is 4.95. The summed E-state index contributed by atoms with van der Waals surface area (Å²) in [5.74, 6) is -0.0980. The van der Waals surface area contributed by atoms with E-state index in [0.717, 1.165) is 12.8 Å². The van der Waals surface area contributed by atoms with Crippen molar-refractivity contribution < 1.29 is 4.79 Å². The van der Waals surface area contributed by atoms with Crippen LogP contribution >= 0.6 is 0 Å². The number of carbonyl (C=O) groups excluding carboxylic acids is 1. The van der Waals surface area contributed by atoms with Crippen molar-refractivity contribution in [3.63, 3.8) is 0 Å². The number of amides is 1. The molecule has 0 aromatic heterocycles. The summed E-state index contributed by atoms with van der Waals surface area (Å²) in [4.78, 5) is 11.2. The Hall–Kier alpha value is -0.790. The number of carbonyl (C=O) groups is 1. The number of hydrogen-bond acceptors (Lipinski definition) is 1. The first-order chi connectivity index (χ1) is 6.27. The first-order valence-electron chi connectivity index (χ1n) is 5.21. The van der Waals surface area contributed by atoms with Gasteiger partial charge in [-0.1, -0.05) is 33.8 Å². The minimum atomic E-state index is -0.200. The molecule has 1 amide bonds. The van der Waals surface area contributed by atoms with Crippen molar-refractivity contribution in [2.75, 3.05) is 0 Å². The molecule has 0 bridgehead atoms. The lowest BCUT2D eigenvalue weighted by atomic mass is 9.71. The highest BCUT2D eigenvalue weighted by Crippen LogP contribution is 2.34. The Bertz CT molecular complexity index is 216. The van der Waals surface area contributed by atoms with E-state index < -0.39 is 0 Å². The van der Waals surface area contributed by atoms with Gasteiger partial charge in [0.05, 0.1) is 0 Å². The van der Waals surface area contributed by atoms with Crippen LogP contribution in [0.1, 0.15) is 47.5 Å². The van der Waals surface area contributed by atoms with Gasteiger partial charge in [-0.2, -0.15) is 0 Å². The summed E-state index contributed by atoms with van der Waals surface area (Å²) in [6.07, 6.45) is 3.54. The Kier molecular flexibility index (Phi) is 4.37. The predicted octanol–water partition coefficient (Wildman–Crippen LogP) is 2.89. The summed E-state index contributed by atoms with van der Waals surface area (Å²) in [5, 5.41) is 2.97. The van der Waals surface area contributed by atoms with Crippen LogP contribution in [-0.2, 0) is 4.79 Å². The highest BCUT2D eigenvalue weighted by Gasteiger charge is 2.36. The largest absolute Gasteiger partial charge is 0.347 e. The third-order valence-electron chi connectivity index (χ3n) is 3.19. The van der Waals surface area contributed by atoms with Gasteiger partial charge >= 0.3 is 0 Å². The molecule has 0 saturated carbocycles. The molecule has 82 valence electrons. The Morgan fingerprint density at radius 2 is 1.86 bits per heavy atom. The summed E-state index contributed by atoms with van der Waals surface area (Å²) in [7, 11) is 0. The molecule has 0 aliphatic heterocycles. The number of rotatable bonds is 5. The maximum Gasteiger partial charge on any atom is 0.243 e. The number of hydrogen-bond donors (Lipinski definition) is 1. The normalized spacial score (nSPS) is 12.4. The molecule has 0 aliphatic rings. The topological polar surface area (TPSA) is 29.1 Å². The Morgan fingerprint density at radius 1 is 1.36 bits per heavy atom. The lowest BCUT2D eigenvalue weighted by Crippen LogP contribution is -2.53. The molecule has 1 N–H and O–H groups in total. The van der Waals surface area contributed by atoms with Crippen LogP contribution in [0.5, 0.6) is 0 Å². The average molecular weight is 197 g/mol. The molecular weight excluding hydrogens is 174 g/mol.